The minimum atomic E-state index is 0.375. The van der Waals surface area contributed by atoms with Crippen LogP contribution in [0.1, 0.15) is 11.3 Å². The third-order valence-electron chi connectivity index (χ3n) is 2.86. The zero-order valence-corrected chi connectivity index (χ0v) is 11.8. The lowest BCUT2D eigenvalue weighted by atomic mass is 10.2. The van der Waals surface area contributed by atoms with E-state index in [0.717, 1.165) is 27.6 Å². The molecule has 0 amide bonds. The first-order chi connectivity index (χ1) is 9.72. The molecular formula is C15H14N2O2S. The SMILES string of the molecule is Cc1cc(N)ccc1OCc1coc(-c2cccs2)n1. The average Bonchev–Trinajstić information content (AvgIpc) is 3.08. The van der Waals surface area contributed by atoms with Gasteiger partial charge in [0.2, 0.25) is 5.89 Å². The van der Waals surface area contributed by atoms with E-state index in [1.165, 1.54) is 0 Å². The van der Waals surface area contributed by atoms with E-state index < -0.39 is 0 Å². The summed E-state index contributed by atoms with van der Waals surface area (Å²) in [7, 11) is 0. The molecule has 0 radical (unpaired) electrons. The Morgan fingerprint density at radius 3 is 3.00 bits per heavy atom. The summed E-state index contributed by atoms with van der Waals surface area (Å²) in [5.41, 5.74) is 8.22. The molecule has 2 heterocycles. The van der Waals surface area contributed by atoms with E-state index in [1.54, 1.807) is 17.6 Å². The maximum absolute atomic E-state index is 5.73. The van der Waals surface area contributed by atoms with Crippen LogP contribution in [-0.2, 0) is 6.61 Å². The molecule has 0 spiro atoms. The standard InChI is InChI=1S/C15H14N2O2S/c1-10-7-11(16)4-5-13(10)18-8-12-9-19-15(17-12)14-3-2-6-20-14/h2-7,9H,8,16H2,1H3. The van der Waals surface area contributed by atoms with Crippen LogP contribution in [0.15, 0.2) is 46.4 Å². The number of ether oxygens (including phenoxy) is 1. The topological polar surface area (TPSA) is 61.3 Å². The van der Waals surface area contributed by atoms with Crippen molar-refractivity contribution >= 4 is 17.0 Å². The number of thiophene rings is 1. The van der Waals surface area contributed by atoms with Crippen molar-refractivity contribution in [3.8, 4) is 16.5 Å². The predicted octanol–water partition coefficient (Wildman–Crippen LogP) is 3.87. The van der Waals surface area contributed by atoms with Gasteiger partial charge < -0.3 is 14.9 Å². The Hall–Kier alpha value is -2.27. The number of hydrogen-bond donors (Lipinski definition) is 1. The van der Waals surface area contributed by atoms with Gasteiger partial charge in [0.05, 0.1) is 4.88 Å². The Kier molecular flexibility index (Phi) is 3.43. The van der Waals surface area contributed by atoms with Crippen molar-refractivity contribution in [1.29, 1.82) is 0 Å². The maximum Gasteiger partial charge on any atom is 0.236 e. The number of benzene rings is 1. The molecule has 5 heteroatoms. The first-order valence-electron chi connectivity index (χ1n) is 6.19. The Morgan fingerprint density at radius 2 is 2.25 bits per heavy atom. The van der Waals surface area contributed by atoms with Gasteiger partial charge >= 0.3 is 0 Å². The van der Waals surface area contributed by atoms with Crippen LogP contribution in [0.2, 0.25) is 0 Å². The first-order valence-corrected chi connectivity index (χ1v) is 7.07. The molecule has 0 aliphatic heterocycles. The Morgan fingerprint density at radius 1 is 1.35 bits per heavy atom. The Bertz CT molecular complexity index is 704. The quantitative estimate of drug-likeness (QED) is 0.739. The molecule has 0 bridgehead atoms. The number of nitrogens with two attached hydrogens (primary N) is 1. The van der Waals surface area contributed by atoms with Crippen molar-refractivity contribution in [2.24, 2.45) is 0 Å². The molecule has 0 fully saturated rings. The lowest BCUT2D eigenvalue weighted by Crippen LogP contribution is -1.98. The fourth-order valence-electron chi connectivity index (χ4n) is 1.87. The number of hydrogen-bond acceptors (Lipinski definition) is 5. The summed E-state index contributed by atoms with van der Waals surface area (Å²) >= 11 is 1.60. The van der Waals surface area contributed by atoms with E-state index in [0.29, 0.717) is 12.5 Å². The van der Waals surface area contributed by atoms with Crippen LogP contribution in [0.5, 0.6) is 5.75 Å². The first kappa shape index (κ1) is 12.7. The highest BCUT2D eigenvalue weighted by Crippen LogP contribution is 2.25. The van der Waals surface area contributed by atoms with Crippen molar-refractivity contribution in [2.75, 3.05) is 5.73 Å². The van der Waals surface area contributed by atoms with Gasteiger partial charge in [-0.05, 0) is 42.1 Å². The molecule has 3 aromatic rings. The van der Waals surface area contributed by atoms with E-state index in [9.17, 15) is 0 Å². The highest BCUT2D eigenvalue weighted by atomic mass is 32.1. The zero-order chi connectivity index (χ0) is 13.9. The molecule has 20 heavy (non-hydrogen) atoms. The molecule has 2 aromatic heterocycles. The zero-order valence-electron chi connectivity index (χ0n) is 11.0. The van der Waals surface area contributed by atoms with Crippen LogP contribution < -0.4 is 10.5 Å². The van der Waals surface area contributed by atoms with Crippen molar-refractivity contribution in [2.45, 2.75) is 13.5 Å². The van der Waals surface area contributed by atoms with Crippen LogP contribution in [0.4, 0.5) is 5.69 Å². The molecule has 1 aromatic carbocycles. The second kappa shape index (κ2) is 5.38. The molecule has 0 aliphatic carbocycles. The maximum atomic E-state index is 5.73. The second-order valence-corrected chi connectivity index (χ2v) is 5.38. The van der Waals surface area contributed by atoms with Crippen LogP contribution in [0.25, 0.3) is 10.8 Å². The van der Waals surface area contributed by atoms with Crippen LogP contribution in [0.3, 0.4) is 0 Å². The average molecular weight is 286 g/mol. The van der Waals surface area contributed by atoms with Gasteiger partial charge in [-0.3, -0.25) is 0 Å². The lowest BCUT2D eigenvalue weighted by Gasteiger charge is -2.07. The summed E-state index contributed by atoms with van der Waals surface area (Å²) in [6.07, 6.45) is 1.63. The number of oxazole rings is 1. The van der Waals surface area contributed by atoms with Gasteiger partial charge in [-0.15, -0.1) is 11.3 Å². The van der Waals surface area contributed by atoms with Crippen molar-refractivity contribution in [3.05, 3.63) is 53.2 Å². The molecule has 3 rings (SSSR count). The van der Waals surface area contributed by atoms with Crippen molar-refractivity contribution < 1.29 is 9.15 Å². The number of nitrogens with zero attached hydrogens (tertiary/aromatic N) is 1. The monoisotopic (exact) mass is 286 g/mol. The molecule has 0 saturated heterocycles. The van der Waals surface area contributed by atoms with E-state index in [-0.39, 0.29) is 0 Å². The predicted molar refractivity (Wildman–Crippen MR) is 79.7 cm³/mol. The normalized spacial score (nSPS) is 10.7. The van der Waals surface area contributed by atoms with E-state index in [4.69, 9.17) is 14.9 Å². The largest absolute Gasteiger partial charge is 0.487 e. The van der Waals surface area contributed by atoms with Crippen molar-refractivity contribution in [3.63, 3.8) is 0 Å². The van der Waals surface area contributed by atoms with E-state index in [2.05, 4.69) is 4.98 Å². The minimum absolute atomic E-state index is 0.375. The lowest BCUT2D eigenvalue weighted by molar-refractivity contribution is 0.299. The fraction of sp³-hybridized carbons (Fsp3) is 0.133. The fourth-order valence-corrected chi connectivity index (χ4v) is 2.53. The molecule has 0 aliphatic rings. The van der Waals surface area contributed by atoms with Crippen molar-refractivity contribution in [1.82, 2.24) is 4.98 Å². The number of aryl methyl sites for hydroxylation is 1. The third-order valence-corrected chi connectivity index (χ3v) is 3.72. The molecule has 0 unspecified atom stereocenters. The number of nitrogen functional groups attached to an aromatic ring is 1. The summed E-state index contributed by atoms with van der Waals surface area (Å²) in [4.78, 5) is 5.42. The Balaban J connectivity index is 1.70. The molecule has 0 atom stereocenters. The van der Waals surface area contributed by atoms with Crippen LogP contribution >= 0.6 is 11.3 Å². The van der Waals surface area contributed by atoms with Gasteiger partial charge in [0, 0.05) is 5.69 Å². The summed E-state index contributed by atoms with van der Waals surface area (Å²) < 4.78 is 11.2. The third kappa shape index (κ3) is 2.67. The van der Waals surface area contributed by atoms with Gasteiger partial charge in [-0.2, -0.15) is 0 Å². The summed E-state index contributed by atoms with van der Waals surface area (Å²) in [6.45, 7) is 2.34. The van der Waals surface area contributed by atoms with E-state index in [1.807, 2.05) is 42.6 Å². The number of aromatic nitrogens is 1. The molecular weight excluding hydrogens is 272 g/mol. The van der Waals surface area contributed by atoms with Gasteiger partial charge in [0.1, 0.15) is 24.3 Å². The van der Waals surface area contributed by atoms with Gasteiger partial charge in [-0.1, -0.05) is 6.07 Å². The van der Waals surface area contributed by atoms with Crippen LogP contribution in [-0.4, -0.2) is 4.98 Å². The minimum Gasteiger partial charge on any atom is -0.487 e. The number of rotatable bonds is 4. The molecule has 2 N–H and O–H groups in total. The van der Waals surface area contributed by atoms with Gasteiger partial charge in [-0.25, -0.2) is 4.98 Å². The summed E-state index contributed by atoms with van der Waals surface area (Å²) in [6, 6.07) is 9.52. The van der Waals surface area contributed by atoms with E-state index >= 15 is 0 Å². The molecule has 4 nitrogen and oxygen atoms in total. The number of anilines is 1. The second-order valence-electron chi connectivity index (χ2n) is 4.43. The van der Waals surface area contributed by atoms with Gasteiger partial charge in [0.15, 0.2) is 0 Å². The molecule has 102 valence electrons. The highest BCUT2D eigenvalue weighted by molar-refractivity contribution is 7.13. The summed E-state index contributed by atoms with van der Waals surface area (Å²) in [5, 5.41) is 1.99. The highest BCUT2D eigenvalue weighted by Gasteiger charge is 2.08. The summed E-state index contributed by atoms with van der Waals surface area (Å²) in [5.74, 6) is 1.44. The molecule has 0 saturated carbocycles. The van der Waals surface area contributed by atoms with Crippen LogP contribution in [0, 0.1) is 6.92 Å². The Labute approximate surface area is 120 Å². The smallest absolute Gasteiger partial charge is 0.236 e. The van der Waals surface area contributed by atoms with Gasteiger partial charge in [0.25, 0.3) is 0 Å².